The van der Waals surface area contributed by atoms with E-state index >= 15 is 0 Å². The number of aliphatic carboxylic acids is 1. The summed E-state index contributed by atoms with van der Waals surface area (Å²) in [5.74, 6) is 1.97. The van der Waals surface area contributed by atoms with Crippen molar-refractivity contribution in [2.45, 2.75) is 25.0 Å². The molecule has 0 saturated heterocycles. The van der Waals surface area contributed by atoms with Crippen molar-refractivity contribution in [1.29, 1.82) is 0 Å². The van der Waals surface area contributed by atoms with Crippen LogP contribution in [0, 0.1) is 5.41 Å². The molecule has 0 atom stereocenters. The van der Waals surface area contributed by atoms with Gasteiger partial charge in [-0.05, 0) is 36.1 Å². The molecule has 1 saturated carbocycles. The molecule has 0 unspecified atom stereocenters. The van der Waals surface area contributed by atoms with E-state index in [4.69, 9.17) is 9.63 Å². The fraction of sp³-hybridized carbons (Fsp3) is 0.400. The van der Waals surface area contributed by atoms with Gasteiger partial charge < -0.3 is 9.63 Å². The molecular weight excluding hydrogens is 288 g/mol. The number of carboxylic acid groups (broad SMARTS) is 1. The molecule has 1 aromatic heterocycles. The summed E-state index contributed by atoms with van der Waals surface area (Å²) >= 11 is 1.68. The predicted molar refractivity (Wildman–Crippen MR) is 79.8 cm³/mol. The third-order valence-electron chi connectivity index (χ3n) is 3.61. The van der Waals surface area contributed by atoms with Crippen LogP contribution in [0.2, 0.25) is 0 Å². The molecule has 1 aromatic carbocycles. The molecule has 2 aromatic rings. The average molecular weight is 304 g/mol. The highest BCUT2D eigenvalue weighted by atomic mass is 32.2. The van der Waals surface area contributed by atoms with Crippen LogP contribution in [0.5, 0.6) is 0 Å². The Hall–Kier alpha value is -1.82. The van der Waals surface area contributed by atoms with Crippen molar-refractivity contribution in [1.82, 2.24) is 10.1 Å². The van der Waals surface area contributed by atoms with E-state index in [1.807, 2.05) is 30.3 Å². The first-order valence-electron chi connectivity index (χ1n) is 6.84. The number of carbonyl (C=O) groups is 1. The maximum Gasteiger partial charge on any atom is 0.303 e. The monoisotopic (exact) mass is 304 g/mol. The zero-order chi connectivity index (χ0) is 14.7. The molecule has 110 valence electrons. The normalized spacial score (nSPS) is 15.8. The van der Waals surface area contributed by atoms with Gasteiger partial charge in [-0.25, -0.2) is 0 Å². The van der Waals surface area contributed by atoms with E-state index in [1.54, 1.807) is 11.8 Å². The van der Waals surface area contributed by atoms with E-state index in [2.05, 4.69) is 10.1 Å². The molecule has 5 nitrogen and oxygen atoms in total. The second kappa shape index (κ2) is 5.89. The standard InChI is InChI=1S/C15H16N2O3S/c18-13(19)8-15(6-7-15)10-21-9-12-16-14(20-17-12)11-4-2-1-3-5-11/h1-5H,6-10H2,(H,18,19). The van der Waals surface area contributed by atoms with Gasteiger partial charge in [0, 0.05) is 5.56 Å². The summed E-state index contributed by atoms with van der Waals surface area (Å²) in [5, 5.41) is 12.9. The third-order valence-corrected chi connectivity index (χ3v) is 4.89. The number of benzene rings is 1. The lowest BCUT2D eigenvalue weighted by Crippen LogP contribution is -2.11. The van der Waals surface area contributed by atoms with Crippen LogP contribution >= 0.6 is 11.8 Å². The largest absolute Gasteiger partial charge is 0.481 e. The molecule has 0 bridgehead atoms. The Balaban J connectivity index is 1.53. The molecule has 6 heteroatoms. The van der Waals surface area contributed by atoms with Gasteiger partial charge in [0.1, 0.15) is 0 Å². The van der Waals surface area contributed by atoms with Crippen molar-refractivity contribution in [3.8, 4) is 11.5 Å². The van der Waals surface area contributed by atoms with Gasteiger partial charge in [-0.3, -0.25) is 4.79 Å². The molecule has 0 aliphatic heterocycles. The van der Waals surface area contributed by atoms with Gasteiger partial charge in [-0.1, -0.05) is 23.4 Å². The molecule has 3 rings (SSSR count). The van der Waals surface area contributed by atoms with Gasteiger partial charge in [0.25, 0.3) is 5.89 Å². The second-order valence-corrected chi connectivity index (χ2v) is 6.43. The van der Waals surface area contributed by atoms with Crippen molar-refractivity contribution in [3.05, 3.63) is 36.2 Å². The Labute approximate surface area is 126 Å². The van der Waals surface area contributed by atoms with Crippen LogP contribution in [0.25, 0.3) is 11.5 Å². The molecular formula is C15H16N2O3S. The van der Waals surface area contributed by atoms with Crippen molar-refractivity contribution in [2.75, 3.05) is 5.75 Å². The molecule has 1 N–H and O–H groups in total. The molecule has 1 aliphatic rings. The van der Waals surface area contributed by atoms with Crippen LogP contribution in [0.15, 0.2) is 34.9 Å². The Bertz CT molecular complexity index is 623. The van der Waals surface area contributed by atoms with Gasteiger partial charge in [0.2, 0.25) is 0 Å². The van der Waals surface area contributed by atoms with Gasteiger partial charge in [0.15, 0.2) is 5.82 Å². The molecule has 1 fully saturated rings. The first-order valence-corrected chi connectivity index (χ1v) is 8.00. The number of rotatable bonds is 7. The number of hydrogen-bond acceptors (Lipinski definition) is 5. The van der Waals surface area contributed by atoms with Crippen molar-refractivity contribution in [3.63, 3.8) is 0 Å². The quantitative estimate of drug-likeness (QED) is 0.846. The van der Waals surface area contributed by atoms with E-state index in [-0.39, 0.29) is 11.8 Å². The van der Waals surface area contributed by atoms with E-state index in [1.165, 1.54) is 0 Å². The summed E-state index contributed by atoms with van der Waals surface area (Å²) in [4.78, 5) is 15.2. The molecule has 1 aliphatic carbocycles. The highest BCUT2D eigenvalue weighted by Gasteiger charge is 2.44. The maximum atomic E-state index is 10.8. The average Bonchev–Trinajstić information content (AvgIpc) is 3.05. The highest BCUT2D eigenvalue weighted by Crippen LogP contribution is 2.51. The Morgan fingerprint density at radius 2 is 2.10 bits per heavy atom. The molecule has 21 heavy (non-hydrogen) atoms. The van der Waals surface area contributed by atoms with E-state index < -0.39 is 5.97 Å². The van der Waals surface area contributed by atoms with Gasteiger partial charge >= 0.3 is 5.97 Å². The Kier molecular flexibility index (Phi) is 3.96. The topological polar surface area (TPSA) is 76.2 Å². The van der Waals surface area contributed by atoms with Crippen molar-refractivity contribution >= 4 is 17.7 Å². The van der Waals surface area contributed by atoms with Gasteiger partial charge in [-0.15, -0.1) is 0 Å². The minimum absolute atomic E-state index is 0.00248. The molecule has 1 heterocycles. The number of aromatic nitrogens is 2. The zero-order valence-corrected chi connectivity index (χ0v) is 12.3. The summed E-state index contributed by atoms with van der Waals surface area (Å²) in [7, 11) is 0. The van der Waals surface area contributed by atoms with E-state index in [9.17, 15) is 4.79 Å². The molecule has 0 amide bonds. The van der Waals surface area contributed by atoms with Crippen LogP contribution in [-0.2, 0) is 10.5 Å². The van der Waals surface area contributed by atoms with Gasteiger partial charge in [0.05, 0.1) is 12.2 Å². The Morgan fingerprint density at radius 3 is 2.76 bits per heavy atom. The van der Waals surface area contributed by atoms with Crippen LogP contribution in [0.1, 0.15) is 25.1 Å². The number of hydrogen-bond donors (Lipinski definition) is 1. The van der Waals surface area contributed by atoms with Crippen LogP contribution in [-0.4, -0.2) is 27.0 Å². The lowest BCUT2D eigenvalue weighted by Gasteiger charge is -2.10. The summed E-state index contributed by atoms with van der Waals surface area (Å²) < 4.78 is 5.24. The summed E-state index contributed by atoms with van der Waals surface area (Å²) in [6, 6.07) is 9.65. The predicted octanol–water partition coefficient (Wildman–Crippen LogP) is 3.22. The first kappa shape index (κ1) is 14.1. The summed E-state index contributed by atoms with van der Waals surface area (Å²) in [6.45, 7) is 0. The van der Waals surface area contributed by atoms with Crippen LogP contribution < -0.4 is 0 Å². The number of carboxylic acids is 1. The first-order chi connectivity index (χ1) is 10.2. The highest BCUT2D eigenvalue weighted by molar-refractivity contribution is 7.98. The Morgan fingerprint density at radius 1 is 1.33 bits per heavy atom. The summed E-state index contributed by atoms with van der Waals surface area (Å²) in [6.07, 6.45) is 2.28. The second-order valence-electron chi connectivity index (χ2n) is 5.45. The SMILES string of the molecule is O=C(O)CC1(CSCc2noc(-c3ccccc3)n2)CC1. The van der Waals surface area contributed by atoms with Crippen molar-refractivity contribution in [2.24, 2.45) is 5.41 Å². The van der Waals surface area contributed by atoms with Crippen LogP contribution in [0.4, 0.5) is 0 Å². The maximum absolute atomic E-state index is 10.8. The minimum Gasteiger partial charge on any atom is -0.481 e. The van der Waals surface area contributed by atoms with E-state index in [0.29, 0.717) is 17.5 Å². The number of nitrogens with zero attached hydrogens (tertiary/aromatic N) is 2. The third kappa shape index (κ3) is 3.64. The van der Waals surface area contributed by atoms with Crippen LogP contribution in [0.3, 0.4) is 0 Å². The molecule has 0 radical (unpaired) electrons. The smallest absolute Gasteiger partial charge is 0.303 e. The summed E-state index contributed by atoms with van der Waals surface area (Å²) in [5.41, 5.74) is 0.911. The lowest BCUT2D eigenvalue weighted by molar-refractivity contribution is -0.138. The van der Waals surface area contributed by atoms with Crippen molar-refractivity contribution < 1.29 is 14.4 Å². The van der Waals surface area contributed by atoms with E-state index in [0.717, 1.165) is 24.2 Å². The number of thioether (sulfide) groups is 1. The fourth-order valence-electron chi connectivity index (χ4n) is 2.24. The molecule has 0 spiro atoms. The fourth-order valence-corrected chi connectivity index (χ4v) is 3.46. The lowest BCUT2D eigenvalue weighted by atomic mass is 10.1. The zero-order valence-electron chi connectivity index (χ0n) is 11.5. The van der Waals surface area contributed by atoms with Gasteiger partial charge in [-0.2, -0.15) is 16.7 Å². The minimum atomic E-state index is -0.709.